The zero-order valence-corrected chi connectivity index (χ0v) is 10.6. The van der Waals surface area contributed by atoms with E-state index in [1.54, 1.807) is 0 Å². The fraction of sp³-hybridized carbons (Fsp3) is 0.0769. The molecule has 0 unspecified atom stereocenters. The van der Waals surface area contributed by atoms with E-state index in [4.69, 9.17) is 16.9 Å². The van der Waals surface area contributed by atoms with Gasteiger partial charge in [-0.25, -0.2) is 0 Å². The van der Waals surface area contributed by atoms with Gasteiger partial charge >= 0.3 is 6.61 Å². The summed E-state index contributed by atoms with van der Waals surface area (Å²) < 4.78 is 29.1. The van der Waals surface area contributed by atoms with Gasteiger partial charge in [0.25, 0.3) is 0 Å². The van der Waals surface area contributed by atoms with Crippen LogP contribution in [0, 0.1) is 11.3 Å². The second-order valence-corrected chi connectivity index (χ2v) is 4.19. The van der Waals surface area contributed by atoms with Crippen LogP contribution in [0.4, 0.5) is 8.78 Å². The molecule has 1 aromatic carbocycles. The molecule has 0 saturated heterocycles. The maximum Gasteiger partial charge on any atom is 0.387 e. The summed E-state index contributed by atoms with van der Waals surface area (Å²) in [7, 11) is 0. The Morgan fingerprint density at radius 3 is 2.70 bits per heavy atom. The third kappa shape index (κ3) is 2.95. The highest BCUT2D eigenvalue weighted by molar-refractivity contribution is 6.31. The lowest BCUT2D eigenvalue weighted by molar-refractivity contribution is -0.0496. The lowest BCUT2D eigenvalue weighted by Gasteiger charge is -2.11. The van der Waals surface area contributed by atoms with Crippen molar-refractivity contribution in [1.82, 2.24) is 4.98 Å². The second kappa shape index (κ2) is 5.72. The Morgan fingerprint density at radius 2 is 2.05 bits per heavy atom. The van der Waals surface area contributed by atoms with Crippen LogP contribution in [-0.4, -0.2) is 11.6 Å². The summed E-state index contributed by atoms with van der Waals surface area (Å²) in [6, 6.07) is 7.32. The van der Waals surface area contributed by atoms with E-state index in [0.29, 0.717) is 5.02 Å². The van der Waals surface area contributed by atoms with E-state index in [2.05, 4.69) is 9.72 Å². The molecule has 2 rings (SSSR count). The second-order valence-electron chi connectivity index (χ2n) is 3.76. The van der Waals surface area contributed by atoms with E-state index in [0.717, 1.165) is 12.3 Å². The van der Waals surface area contributed by atoms with E-state index < -0.39 is 12.2 Å². The number of aromatic amines is 1. The molecule has 102 valence electrons. The summed E-state index contributed by atoms with van der Waals surface area (Å²) >= 11 is 5.84. The van der Waals surface area contributed by atoms with E-state index in [1.807, 2.05) is 6.07 Å². The third-order valence-electron chi connectivity index (χ3n) is 2.49. The molecule has 1 N–H and O–H groups in total. The Labute approximate surface area is 117 Å². The average Bonchev–Trinajstić information content (AvgIpc) is 2.40. The molecule has 0 radical (unpaired) electrons. The summed E-state index contributed by atoms with van der Waals surface area (Å²) in [4.78, 5) is 13.6. The summed E-state index contributed by atoms with van der Waals surface area (Å²) in [5.74, 6) is -0.238. The third-order valence-corrected chi connectivity index (χ3v) is 2.73. The predicted octanol–water partition coefficient (Wildman–Crippen LogP) is 3.17. The van der Waals surface area contributed by atoms with Crippen LogP contribution >= 0.6 is 11.6 Å². The monoisotopic (exact) mass is 296 g/mol. The molecule has 0 saturated carbocycles. The van der Waals surface area contributed by atoms with Crippen LogP contribution < -0.4 is 10.3 Å². The van der Waals surface area contributed by atoms with Crippen LogP contribution in [-0.2, 0) is 0 Å². The number of halogens is 3. The Balaban J connectivity index is 2.68. The molecule has 7 heteroatoms. The van der Waals surface area contributed by atoms with Crippen molar-refractivity contribution < 1.29 is 13.5 Å². The van der Waals surface area contributed by atoms with Crippen molar-refractivity contribution >= 4 is 11.6 Å². The zero-order valence-electron chi connectivity index (χ0n) is 9.86. The van der Waals surface area contributed by atoms with E-state index in [-0.39, 0.29) is 22.4 Å². The average molecular weight is 297 g/mol. The standard InChI is InChI=1S/C13H7ClF2N2O2/c14-8-2-1-7(5-17)9(3-8)10-4-12(19)18-6-11(10)20-13(15)16/h1-4,6,13H,(H,18,19). The van der Waals surface area contributed by atoms with E-state index >= 15 is 0 Å². The number of aromatic nitrogens is 1. The highest BCUT2D eigenvalue weighted by atomic mass is 35.5. The highest BCUT2D eigenvalue weighted by Gasteiger charge is 2.15. The molecular weight excluding hydrogens is 290 g/mol. The van der Waals surface area contributed by atoms with Crippen molar-refractivity contribution in [3.05, 3.63) is 51.4 Å². The van der Waals surface area contributed by atoms with Gasteiger partial charge in [0, 0.05) is 28.4 Å². The molecule has 4 nitrogen and oxygen atoms in total. The molecule has 0 aliphatic rings. The van der Waals surface area contributed by atoms with Crippen LogP contribution in [0.2, 0.25) is 5.02 Å². The molecule has 0 amide bonds. The lowest BCUT2D eigenvalue weighted by atomic mass is 10.0. The van der Waals surface area contributed by atoms with E-state index in [9.17, 15) is 13.6 Å². The molecular formula is C13H7ClF2N2O2. The largest absolute Gasteiger partial charge is 0.433 e. The molecule has 20 heavy (non-hydrogen) atoms. The Hall–Kier alpha value is -2.39. The van der Waals surface area contributed by atoms with Crippen molar-refractivity contribution in [1.29, 1.82) is 5.26 Å². The molecule has 0 fully saturated rings. The Morgan fingerprint density at radius 1 is 1.30 bits per heavy atom. The van der Waals surface area contributed by atoms with Crippen molar-refractivity contribution in [3.63, 3.8) is 0 Å². The molecule has 0 aliphatic carbocycles. The van der Waals surface area contributed by atoms with Gasteiger partial charge in [-0.2, -0.15) is 14.0 Å². The Bertz CT molecular complexity index is 738. The molecule has 1 aromatic heterocycles. The number of rotatable bonds is 3. The first kappa shape index (κ1) is 14.0. The number of nitriles is 1. The van der Waals surface area contributed by atoms with Gasteiger partial charge in [-0.05, 0) is 18.2 Å². The SMILES string of the molecule is N#Cc1ccc(Cl)cc1-c1cc(=O)[nH]cc1OC(F)F. The zero-order chi connectivity index (χ0) is 14.7. The summed E-state index contributed by atoms with van der Waals surface area (Å²) in [6.45, 7) is -3.05. The van der Waals surface area contributed by atoms with Gasteiger partial charge in [-0.15, -0.1) is 0 Å². The first-order valence-corrected chi connectivity index (χ1v) is 5.76. The number of hydrogen-bond acceptors (Lipinski definition) is 3. The number of nitrogens with one attached hydrogen (secondary N) is 1. The summed E-state index contributed by atoms with van der Waals surface area (Å²) in [6.07, 6.45) is 1.02. The van der Waals surface area contributed by atoms with Gasteiger partial charge in [0.2, 0.25) is 5.56 Å². The number of pyridine rings is 1. The van der Waals surface area contributed by atoms with Crippen LogP contribution in [0.15, 0.2) is 35.3 Å². The lowest BCUT2D eigenvalue weighted by Crippen LogP contribution is -2.09. The van der Waals surface area contributed by atoms with Gasteiger partial charge in [0.05, 0.1) is 11.6 Å². The van der Waals surface area contributed by atoms with Crippen molar-refractivity contribution in [2.24, 2.45) is 0 Å². The van der Waals surface area contributed by atoms with Crippen molar-refractivity contribution in [2.75, 3.05) is 0 Å². The molecule has 1 heterocycles. The smallest absolute Gasteiger partial charge is 0.387 e. The van der Waals surface area contributed by atoms with Crippen LogP contribution in [0.3, 0.4) is 0 Å². The quantitative estimate of drug-likeness (QED) is 0.946. The first-order chi connectivity index (χ1) is 9.51. The van der Waals surface area contributed by atoms with Gasteiger partial charge in [-0.3, -0.25) is 4.79 Å². The fourth-order valence-electron chi connectivity index (χ4n) is 1.70. The van der Waals surface area contributed by atoms with E-state index in [1.165, 1.54) is 18.2 Å². The molecule has 0 aliphatic heterocycles. The highest BCUT2D eigenvalue weighted by Crippen LogP contribution is 2.33. The van der Waals surface area contributed by atoms with Crippen molar-refractivity contribution in [2.45, 2.75) is 6.61 Å². The van der Waals surface area contributed by atoms with Crippen LogP contribution in [0.25, 0.3) is 11.1 Å². The number of H-pyrrole nitrogens is 1. The topological polar surface area (TPSA) is 65.9 Å². The minimum absolute atomic E-state index is 0.0769. The Kier molecular flexibility index (Phi) is 4.01. The molecule has 0 spiro atoms. The predicted molar refractivity (Wildman–Crippen MR) is 68.9 cm³/mol. The number of hydrogen-bond donors (Lipinski definition) is 1. The molecule has 0 atom stereocenters. The van der Waals surface area contributed by atoms with Crippen molar-refractivity contribution in [3.8, 4) is 22.9 Å². The minimum atomic E-state index is -3.05. The molecule has 2 aromatic rings. The summed E-state index contributed by atoms with van der Waals surface area (Å²) in [5.41, 5.74) is 0.0134. The first-order valence-electron chi connectivity index (χ1n) is 5.39. The minimum Gasteiger partial charge on any atom is -0.433 e. The van der Waals surface area contributed by atoms with Gasteiger partial charge < -0.3 is 9.72 Å². The van der Waals surface area contributed by atoms with Crippen LogP contribution in [0.1, 0.15) is 5.56 Å². The van der Waals surface area contributed by atoms with Gasteiger partial charge in [0.1, 0.15) is 5.75 Å². The number of benzene rings is 1. The number of alkyl halides is 2. The fourth-order valence-corrected chi connectivity index (χ4v) is 1.87. The normalized spacial score (nSPS) is 10.3. The molecule has 0 bridgehead atoms. The summed E-state index contributed by atoms with van der Waals surface area (Å²) in [5, 5.41) is 9.35. The van der Waals surface area contributed by atoms with Gasteiger partial charge in [-0.1, -0.05) is 11.6 Å². The maximum atomic E-state index is 12.4. The van der Waals surface area contributed by atoms with Gasteiger partial charge in [0.15, 0.2) is 0 Å². The number of ether oxygens (including phenoxy) is 1. The number of nitrogens with zero attached hydrogens (tertiary/aromatic N) is 1. The van der Waals surface area contributed by atoms with Crippen LogP contribution in [0.5, 0.6) is 5.75 Å². The maximum absolute atomic E-state index is 12.4.